The number of methoxy groups -OCH3 is 1. The van der Waals surface area contributed by atoms with Gasteiger partial charge in [-0.1, -0.05) is 23.5 Å². The van der Waals surface area contributed by atoms with Gasteiger partial charge in [0.15, 0.2) is 11.6 Å². The molecule has 1 atom stereocenters. The van der Waals surface area contributed by atoms with Crippen LogP contribution in [-0.2, 0) is 6.42 Å². The Kier molecular flexibility index (Phi) is 4.87. The molecule has 0 fully saturated rings. The Morgan fingerprint density at radius 3 is 2.96 bits per heavy atom. The van der Waals surface area contributed by atoms with E-state index in [1.54, 1.807) is 36.4 Å². The van der Waals surface area contributed by atoms with Crippen molar-refractivity contribution in [1.29, 1.82) is 0 Å². The molecule has 1 aromatic heterocycles. The number of carbonyl (C=O) groups is 1. The van der Waals surface area contributed by atoms with E-state index in [2.05, 4.69) is 4.98 Å². The summed E-state index contributed by atoms with van der Waals surface area (Å²) in [6, 6.07) is 10.4. The van der Waals surface area contributed by atoms with Crippen molar-refractivity contribution in [1.82, 2.24) is 4.98 Å². The number of carboxylic acids is 1. The first-order valence-electron chi connectivity index (χ1n) is 8.50. The summed E-state index contributed by atoms with van der Waals surface area (Å²) in [7, 11) is 1.44. The number of halogens is 1. The van der Waals surface area contributed by atoms with Crippen LogP contribution in [-0.4, -0.2) is 29.8 Å². The molecule has 4 rings (SSSR count). The zero-order valence-corrected chi connectivity index (χ0v) is 15.7. The number of nitrogens with zero attached hydrogens (tertiary/aromatic N) is 1. The van der Waals surface area contributed by atoms with Crippen LogP contribution in [0.15, 0.2) is 42.6 Å². The molecule has 0 spiro atoms. The van der Waals surface area contributed by atoms with Gasteiger partial charge in [0, 0.05) is 5.92 Å². The number of fused-ring (bicyclic) bond motifs is 1. The van der Waals surface area contributed by atoms with Crippen molar-refractivity contribution in [2.45, 2.75) is 12.3 Å². The second kappa shape index (κ2) is 7.47. The summed E-state index contributed by atoms with van der Waals surface area (Å²) in [5.74, 6) is -0.139. The lowest BCUT2D eigenvalue weighted by molar-refractivity contribution is 0.0702. The summed E-state index contributed by atoms with van der Waals surface area (Å²) in [6.07, 6.45) is 1.83. The van der Waals surface area contributed by atoms with Crippen LogP contribution in [0.1, 0.15) is 26.7 Å². The van der Waals surface area contributed by atoms with Gasteiger partial charge in [0.2, 0.25) is 0 Å². The molecule has 0 radical (unpaired) electrons. The highest BCUT2D eigenvalue weighted by molar-refractivity contribution is 7.15. The molecule has 8 heteroatoms. The third-order valence-corrected chi connectivity index (χ3v) is 5.35. The lowest BCUT2D eigenvalue weighted by Crippen LogP contribution is -2.20. The molecular weight excluding hydrogens is 385 g/mol. The zero-order chi connectivity index (χ0) is 19.7. The summed E-state index contributed by atoms with van der Waals surface area (Å²) >= 11 is 0.949. The van der Waals surface area contributed by atoms with E-state index >= 15 is 0 Å². The van der Waals surface area contributed by atoms with Crippen LogP contribution in [0.4, 0.5) is 4.39 Å². The standard InChI is InChI=1S/C20H16FNO5S/c1-25-16-4-2-3-14(18(16)21)12-7-11-8-13(5-6-15(11)26-10-12)27-20-22-9-17(28-20)19(23)24/h2-6,8-9,12H,7,10H2,1H3,(H,23,24). The van der Waals surface area contributed by atoms with Gasteiger partial charge in [0.1, 0.15) is 16.4 Å². The average Bonchev–Trinajstić information content (AvgIpc) is 3.16. The van der Waals surface area contributed by atoms with Crippen LogP contribution in [0.5, 0.6) is 22.4 Å². The first kappa shape index (κ1) is 18.2. The zero-order valence-electron chi connectivity index (χ0n) is 14.8. The average molecular weight is 401 g/mol. The first-order chi connectivity index (χ1) is 13.5. The Hall–Kier alpha value is -3.13. The van der Waals surface area contributed by atoms with E-state index in [-0.39, 0.29) is 27.6 Å². The van der Waals surface area contributed by atoms with Gasteiger partial charge in [-0.2, -0.15) is 0 Å². The Morgan fingerprint density at radius 1 is 1.36 bits per heavy atom. The number of rotatable bonds is 5. The number of ether oxygens (including phenoxy) is 3. The van der Waals surface area contributed by atoms with Crippen molar-refractivity contribution in [2.24, 2.45) is 0 Å². The number of hydrogen-bond acceptors (Lipinski definition) is 6. The maximum absolute atomic E-state index is 14.6. The van der Waals surface area contributed by atoms with E-state index in [4.69, 9.17) is 19.3 Å². The van der Waals surface area contributed by atoms with E-state index in [9.17, 15) is 9.18 Å². The molecule has 1 unspecified atom stereocenters. The van der Waals surface area contributed by atoms with E-state index in [0.29, 0.717) is 24.3 Å². The third kappa shape index (κ3) is 3.50. The van der Waals surface area contributed by atoms with Crippen molar-refractivity contribution >= 4 is 17.3 Å². The number of benzene rings is 2. The number of thiazole rings is 1. The molecule has 0 saturated carbocycles. The van der Waals surface area contributed by atoms with Gasteiger partial charge in [-0.15, -0.1) is 0 Å². The summed E-state index contributed by atoms with van der Waals surface area (Å²) in [4.78, 5) is 15.0. The van der Waals surface area contributed by atoms with Gasteiger partial charge in [-0.05, 0) is 41.8 Å². The number of aromatic nitrogens is 1. The minimum Gasteiger partial charge on any atom is -0.494 e. The second-order valence-corrected chi connectivity index (χ2v) is 7.24. The minimum absolute atomic E-state index is 0.102. The SMILES string of the molecule is COc1cccc(C2COc3ccc(Oc4ncc(C(=O)O)s4)cc3C2)c1F. The highest BCUT2D eigenvalue weighted by Crippen LogP contribution is 2.38. The molecule has 0 aliphatic carbocycles. The van der Waals surface area contributed by atoms with E-state index in [1.807, 2.05) is 0 Å². The number of hydrogen-bond donors (Lipinski definition) is 1. The fourth-order valence-corrected chi connectivity index (χ4v) is 3.76. The summed E-state index contributed by atoms with van der Waals surface area (Å²) in [6.45, 7) is 0.367. The van der Waals surface area contributed by atoms with Crippen LogP contribution < -0.4 is 14.2 Å². The van der Waals surface area contributed by atoms with Gasteiger partial charge >= 0.3 is 5.97 Å². The van der Waals surface area contributed by atoms with Crippen molar-refractivity contribution in [2.75, 3.05) is 13.7 Å². The van der Waals surface area contributed by atoms with E-state index in [0.717, 1.165) is 22.6 Å². The lowest BCUT2D eigenvalue weighted by atomic mass is 9.90. The van der Waals surface area contributed by atoms with E-state index < -0.39 is 5.97 Å². The molecule has 2 aromatic carbocycles. The predicted molar refractivity (Wildman–Crippen MR) is 100 cm³/mol. The van der Waals surface area contributed by atoms with Gasteiger partial charge in [0.05, 0.1) is 19.9 Å². The molecule has 0 amide bonds. The summed E-state index contributed by atoms with van der Waals surface area (Å²) < 4.78 is 31.2. The van der Waals surface area contributed by atoms with Crippen molar-refractivity contribution in [3.8, 4) is 22.4 Å². The van der Waals surface area contributed by atoms with Crippen LogP contribution in [0.2, 0.25) is 0 Å². The van der Waals surface area contributed by atoms with Crippen LogP contribution in [0.25, 0.3) is 0 Å². The Bertz CT molecular complexity index is 1040. The smallest absolute Gasteiger partial charge is 0.347 e. The molecule has 0 bridgehead atoms. The van der Waals surface area contributed by atoms with Gasteiger partial charge in [-0.25, -0.2) is 14.2 Å². The van der Waals surface area contributed by atoms with Crippen LogP contribution in [0.3, 0.4) is 0 Å². The van der Waals surface area contributed by atoms with Crippen LogP contribution in [0, 0.1) is 5.82 Å². The second-order valence-electron chi connectivity index (χ2n) is 6.24. The normalized spacial score (nSPS) is 15.4. The molecule has 144 valence electrons. The topological polar surface area (TPSA) is 77.9 Å². The van der Waals surface area contributed by atoms with E-state index in [1.165, 1.54) is 13.3 Å². The molecule has 0 saturated heterocycles. The molecule has 1 aliphatic rings. The van der Waals surface area contributed by atoms with Crippen LogP contribution >= 0.6 is 11.3 Å². The fourth-order valence-electron chi connectivity index (χ4n) is 3.14. The van der Waals surface area contributed by atoms with Crippen molar-refractivity contribution in [3.63, 3.8) is 0 Å². The monoisotopic (exact) mass is 401 g/mol. The Labute approximate surface area is 164 Å². The Balaban J connectivity index is 1.56. The Morgan fingerprint density at radius 2 is 2.21 bits per heavy atom. The van der Waals surface area contributed by atoms with Crippen molar-refractivity contribution < 1.29 is 28.5 Å². The number of carboxylic acid groups (broad SMARTS) is 1. The maximum Gasteiger partial charge on any atom is 0.347 e. The molecule has 2 heterocycles. The van der Waals surface area contributed by atoms with Crippen molar-refractivity contribution in [3.05, 3.63) is 64.4 Å². The molecule has 1 N–H and O–H groups in total. The lowest BCUT2D eigenvalue weighted by Gasteiger charge is -2.26. The molecule has 28 heavy (non-hydrogen) atoms. The maximum atomic E-state index is 14.6. The molecular formula is C20H16FNO5S. The fraction of sp³-hybridized carbons (Fsp3) is 0.200. The van der Waals surface area contributed by atoms with Gasteiger partial charge in [0.25, 0.3) is 5.19 Å². The predicted octanol–water partition coefficient (Wildman–Crippen LogP) is 4.50. The molecule has 3 aromatic rings. The quantitative estimate of drug-likeness (QED) is 0.678. The third-order valence-electron chi connectivity index (χ3n) is 4.49. The minimum atomic E-state index is -1.05. The van der Waals surface area contributed by atoms with Gasteiger partial charge < -0.3 is 19.3 Å². The highest BCUT2D eigenvalue weighted by Gasteiger charge is 2.25. The molecule has 1 aliphatic heterocycles. The molecule has 6 nitrogen and oxygen atoms in total. The summed E-state index contributed by atoms with van der Waals surface area (Å²) in [5.41, 5.74) is 1.42. The highest BCUT2D eigenvalue weighted by atomic mass is 32.1. The summed E-state index contributed by atoms with van der Waals surface area (Å²) in [5, 5.41) is 9.22. The largest absolute Gasteiger partial charge is 0.494 e. The van der Waals surface area contributed by atoms with Gasteiger partial charge in [-0.3, -0.25) is 0 Å². The number of aromatic carboxylic acids is 1. The first-order valence-corrected chi connectivity index (χ1v) is 9.32.